The van der Waals surface area contributed by atoms with E-state index in [9.17, 15) is 5.11 Å². The van der Waals surface area contributed by atoms with Gasteiger partial charge in [0.1, 0.15) is 5.60 Å². The van der Waals surface area contributed by atoms with E-state index in [1.165, 1.54) is 0 Å². The van der Waals surface area contributed by atoms with Gasteiger partial charge in [-0.15, -0.1) is 0 Å². The molecule has 2 N–H and O–H groups in total. The zero-order valence-corrected chi connectivity index (χ0v) is 9.29. The number of ether oxygens (including phenoxy) is 1. The van der Waals surface area contributed by atoms with E-state index in [1.54, 1.807) is 18.0 Å². The second kappa shape index (κ2) is 4.09. The SMILES string of the molecule is COCCn1ncc(Cl)c1C1(O)CNC1. The molecule has 84 valence electrons. The van der Waals surface area contributed by atoms with E-state index < -0.39 is 5.60 Å². The molecule has 0 bridgehead atoms. The molecule has 0 saturated carbocycles. The van der Waals surface area contributed by atoms with Crippen LogP contribution in [0.3, 0.4) is 0 Å². The summed E-state index contributed by atoms with van der Waals surface area (Å²) < 4.78 is 6.67. The summed E-state index contributed by atoms with van der Waals surface area (Å²) in [5, 5.41) is 17.8. The van der Waals surface area contributed by atoms with Gasteiger partial charge in [-0.3, -0.25) is 4.68 Å². The Kier molecular flexibility index (Phi) is 2.97. The molecular weight excluding hydrogens is 218 g/mol. The van der Waals surface area contributed by atoms with Gasteiger partial charge in [0.15, 0.2) is 0 Å². The minimum Gasteiger partial charge on any atom is -0.383 e. The van der Waals surface area contributed by atoms with Crippen molar-refractivity contribution in [3.05, 3.63) is 16.9 Å². The monoisotopic (exact) mass is 231 g/mol. The first-order chi connectivity index (χ1) is 7.17. The number of aromatic nitrogens is 2. The summed E-state index contributed by atoms with van der Waals surface area (Å²) >= 11 is 6.01. The van der Waals surface area contributed by atoms with Crippen LogP contribution < -0.4 is 5.32 Å². The lowest BCUT2D eigenvalue weighted by molar-refractivity contribution is -0.0232. The molecule has 1 saturated heterocycles. The molecule has 2 heterocycles. The number of nitrogens with one attached hydrogen (secondary N) is 1. The molecule has 0 spiro atoms. The van der Waals surface area contributed by atoms with E-state index >= 15 is 0 Å². The zero-order chi connectivity index (χ0) is 10.9. The van der Waals surface area contributed by atoms with Crippen molar-refractivity contribution >= 4 is 11.6 Å². The lowest BCUT2D eigenvalue weighted by atomic mass is 9.93. The van der Waals surface area contributed by atoms with Gasteiger partial charge in [-0.2, -0.15) is 5.10 Å². The van der Waals surface area contributed by atoms with Gasteiger partial charge in [0.2, 0.25) is 0 Å². The summed E-state index contributed by atoms with van der Waals surface area (Å²) in [5.74, 6) is 0. The zero-order valence-electron chi connectivity index (χ0n) is 8.53. The molecule has 1 aliphatic rings. The van der Waals surface area contributed by atoms with Gasteiger partial charge in [-0.25, -0.2) is 0 Å². The Balaban J connectivity index is 2.23. The molecule has 15 heavy (non-hydrogen) atoms. The van der Waals surface area contributed by atoms with Crippen LogP contribution in [0.5, 0.6) is 0 Å². The third kappa shape index (κ3) is 1.88. The predicted octanol–water partition coefficient (Wildman–Crippen LogP) is -0.0263. The van der Waals surface area contributed by atoms with Crippen LogP contribution in [0.2, 0.25) is 5.02 Å². The number of aliphatic hydroxyl groups is 1. The Morgan fingerprint density at radius 2 is 2.47 bits per heavy atom. The third-order valence-electron chi connectivity index (χ3n) is 2.58. The van der Waals surface area contributed by atoms with Crippen LogP contribution >= 0.6 is 11.6 Å². The molecular formula is C9H14ClN3O2. The molecule has 6 heteroatoms. The molecule has 1 aliphatic heterocycles. The molecule has 5 nitrogen and oxygen atoms in total. The topological polar surface area (TPSA) is 59.3 Å². The van der Waals surface area contributed by atoms with Crippen LogP contribution in [-0.2, 0) is 16.9 Å². The van der Waals surface area contributed by atoms with E-state index in [0.717, 1.165) is 0 Å². The van der Waals surface area contributed by atoms with Crippen molar-refractivity contribution in [2.24, 2.45) is 0 Å². The number of nitrogens with zero attached hydrogens (tertiary/aromatic N) is 2. The lowest BCUT2D eigenvalue weighted by Crippen LogP contribution is -2.57. The Labute approximate surface area is 93.0 Å². The smallest absolute Gasteiger partial charge is 0.132 e. The third-order valence-corrected chi connectivity index (χ3v) is 2.85. The summed E-state index contributed by atoms with van der Waals surface area (Å²) in [6, 6.07) is 0. The normalized spacial score (nSPS) is 18.9. The maximum Gasteiger partial charge on any atom is 0.132 e. The molecule has 0 aromatic carbocycles. The fourth-order valence-electron chi connectivity index (χ4n) is 1.70. The number of β-amino-alcohol motifs (C(OH)–C–C–N with tert-alkyl or cyclic N) is 1. The average Bonchev–Trinajstić information content (AvgIpc) is 2.53. The highest BCUT2D eigenvalue weighted by Gasteiger charge is 2.41. The number of methoxy groups -OCH3 is 1. The van der Waals surface area contributed by atoms with Crippen LogP contribution in [0.4, 0.5) is 0 Å². The van der Waals surface area contributed by atoms with E-state index in [1.807, 2.05) is 0 Å². The first-order valence-corrected chi connectivity index (χ1v) is 5.19. The van der Waals surface area contributed by atoms with Crippen molar-refractivity contribution in [1.82, 2.24) is 15.1 Å². The van der Waals surface area contributed by atoms with Crippen molar-refractivity contribution in [3.63, 3.8) is 0 Å². The minimum absolute atomic E-state index is 0.509. The summed E-state index contributed by atoms with van der Waals surface area (Å²) in [7, 11) is 1.63. The minimum atomic E-state index is -0.874. The maximum atomic E-state index is 10.2. The average molecular weight is 232 g/mol. The van der Waals surface area contributed by atoms with E-state index in [4.69, 9.17) is 16.3 Å². The van der Waals surface area contributed by atoms with Crippen LogP contribution in [0.1, 0.15) is 5.69 Å². The van der Waals surface area contributed by atoms with E-state index in [0.29, 0.717) is 37.0 Å². The summed E-state index contributed by atoms with van der Waals surface area (Å²) in [6.07, 6.45) is 1.56. The maximum absolute atomic E-state index is 10.2. The second-order valence-corrected chi connectivity index (χ2v) is 4.10. The van der Waals surface area contributed by atoms with Crippen LogP contribution in [-0.4, -0.2) is 41.7 Å². The van der Waals surface area contributed by atoms with Crippen molar-refractivity contribution in [2.75, 3.05) is 26.8 Å². The summed E-state index contributed by atoms with van der Waals surface area (Å²) in [4.78, 5) is 0. The van der Waals surface area contributed by atoms with E-state index in [-0.39, 0.29) is 0 Å². The van der Waals surface area contributed by atoms with Gasteiger partial charge in [-0.1, -0.05) is 11.6 Å². The highest BCUT2D eigenvalue weighted by molar-refractivity contribution is 6.31. The predicted molar refractivity (Wildman–Crippen MR) is 55.9 cm³/mol. The Morgan fingerprint density at radius 1 is 1.73 bits per heavy atom. The number of hydrogen-bond acceptors (Lipinski definition) is 4. The number of halogens is 1. The van der Waals surface area contributed by atoms with Gasteiger partial charge in [0.05, 0.1) is 30.1 Å². The quantitative estimate of drug-likeness (QED) is 0.765. The second-order valence-electron chi connectivity index (χ2n) is 3.69. The molecule has 0 radical (unpaired) electrons. The largest absolute Gasteiger partial charge is 0.383 e. The standard InChI is InChI=1S/C9H14ClN3O2/c1-15-3-2-13-8(7(10)4-12-13)9(14)5-11-6-9/h4,11,14H,2-3,5-6H2,1H3. The first kappa shape index (κ1) is 10.9. The number of hydrogen-bond donors (Lipinski definition) is 2. The van der Waals surface area contributed by atoms with Gasteiger partial charge in [0.25, 0.3) is 0 Å². The Bertz CT molecular complexity index is 349. The molecule has 1 aromatic rings. The van der Waals surface area contributed by atoms with Gasteiger partial charge in [-0.05, 0) is 0 Å². The van der Waals surface area contributed by atoms with Crippen molar-refractivity contribution in [3.8, 4) is 0 Å². The summed E-state index contributed by atoms with van der Waals surface area (Å²) in [5.41, 5.74) is -0.193. The highest BCUT2D eigenvalue weighted by atomic mass is 35.5. The Morgan fingerprint density at radius 3 is 3.00 bits per heavy atom. The van der Waals surface area contributed by atoms with Crippen molar-refractivity contribution in [2.45, 2.75) is 12.1 Å². The molecule has 1 fully saturated rings. The van der Waals surface area contributed by atoms with Crippen LogP contribution in [0, 0.1) is 0 Å². The highest BCUT2D eigenvalue weighted by Crippen LogP contribution is 2.31. The first-order valence-electron chi connectivity index (χ1n) is 4.81. The summed E-state index contributed by atoms with van der Waals surface area (Å²) in [6.45, 7) is 2.19. The molecule has 0 unspecified atom stereocenters. The van der Waals surface area contributed by atoms with Gasteiger partial charge in [0, 0.05) is 20.2 Å². The fraction of sp³-hybridized carbons (Fsp3) is 0.667. The van der Waals surface area contributed by atoms with Crippen molar-refractivity contribution < 1.29 is 9.84 Å². The molecule has 0 aliphatic carbocycles. The molecule has 1 aromatic heterocycles. The molecule has 0 atom stereocenters. The van der Waals surface area contributed by atoms with Crippen LogP contribution in [0.25, 0.3) is 0 Å². The lowest BCUT2D eigenvalue weighted by Gasteiger charge is -2.38. The van der Waals surface area contributed by atoms with Crippen LogP contribution in [0.15, 0.2) is 6.20 Å². The van der Waals surface area contributed by atoms with E-state index in [2.05, 4.69) is 10.4 Å². The van der Waals surface area contributed by atoms with Crippen molar-refractivity contribution in [1.29, 1.82) is 0 Å². The molecule has 2 rings (SSSR count). The fourth-order valence-corrected chi connectivity index (χ4v) is 2.02. The Hall–Kier alpha value is -0.620. The number of rotatable bonds is 4. The van der Waals surface area contributed by atoms with Gasteiger partial charge >= 0.3 is 0 Å². The molecule has 0 amide bonds. The van der Waals surface area contributed by atoms with Gasteiger partial charge < -0.3 is 15.2 Å².